The second-order valence-electron chi connectivity index (χ2n) is 3.20. The molecule has 0 aromatic rings. The number of rotatable bonds is 7. The second-order valence-corrected chi connectivity index (χ2v) is 3.20. The van der Waals surface area contributed by atoms with Gasteiger partial charge in [0.15, 0.2) is 0 Å². The molecule has 3 heteroatoms. The summed E-state index contributed by atoms with van der Waals surface area (Å²) in [5, 5.41) is 0. The maximum Gasteiger partial charge on any atom is 0.508 e. The van der Waals surface area contributed by atoms with Gasteiger partial charge in [-0.3, -0.25) is 0 Å². The van der Waals surface area contributed by atoms with Gasteiger partial charge in [0.2, 0.25) is 0 Å². The van der Waals surface area contributed by atoms with Crippen molar-refractivity contribution < 1.29 is 14.3 Å². The van der Waals surface area contributed by atoms with Crippen LogP contribution in [0.2, 0.25) is 0 Å². The molecule has 0 spiro atoms. The Labute approximate surface area is 86.1 Å². The highest BCUT2D eigenvalue weighted by atomic mass is 16.7. The van der Waals surface area contributed by atoms with Crippen LogP contribution in [0.5, 0.6) is 0 Å². The van der Waals surface area contributed by atoms with Gasteiger partial charge in [0.1, 0.15) is 6.10 Å². The molecule has 0 saturated heterocycles. The smallest absolute Gasteiger partial charge is 0.438 e. The fraction of sp³-hybridized carbons (Fsp3) is 0.727. The molecular formula is C11H20O3. The normalized spacial score (nSPS) is 11.9. The first-order chi connectivity index (χ1) is 6.74. The van der Waals surface area contributed by atoms with E-state index in [0.29, 0.717) is 0 Å². The Morgan fingerprint density at radius 1 is 1.43 bits per heavy atom. The van der Waals surface area contributed by atoms with Crippen molar-refractivity contribution in [3.8, 4) is 0 Å². The largest absolute Gasteiger partial charge is 0.508 e. The molecule has 0 rings (SSSR count). The number of hydrogen-bond donors (Lipinski definition) is 0. The summed E-state index contributed by atoms with van der Waals surface area (Å²) >= 11 is 0. The molecule has 0 amide bonds. The quantitative estimate of drug-likeness (QED) is 0.359. The molecular weight excluding hydrogens is 180 g/mol. The van der Waals surface area contributed by atoms with Gasteiger partial charge in [-0.1, -0.05) is 38.8 Å². The maximum atomic E-state index is 10.8. The molecule has 0 saturated carbocycles. The van der Waals surface area contributed by atoms with Crippen LogP contribution in [-0.2, 0) is 9.47 Å². The van der Waals surface area contributed by atoms with Crippen molar-refractivity contribution in [2.24, 2.45) is 0 Å². The van der Waals surface area contributed by atoms with Crippen LogP contribution in [0, 0.1) is 0 Å². The van der Waals surface area contributed by atoms with Crippen molar-refractivity contribution >= 4 is 6.16 Å². The summed E-state index contributed by atoms with van der Waals surface area (Å²) in [5.74, 6) is 0. The molecule has 14 heavy (non-hydrogen) atoms. The van der Waals surface area contributed by atoms with Crippen LogP contribution in [0.4, 0.5) is 4.79 Å². The lowest BCUT2D eigenvalue weighted by atomic mass is 10.1. The number of carbonyl (C=O) groups excluding carboxylic acids is 1. The van der Waals surface area contributed by atoms with Crippen molar-refractivity contribution in [1.29, 1.82) is 0 Å². The predicted molar refractivity (Wildman–Crippen MR) is 56.2 cm³/mol. The number of hydrogen-bond acceptors (Lipinski definition) is 3. The highest BCUT2D eigenvalue weighted by Crippen LogP contribution is 2.09. The molecule has 0 radical (unpaired) electrons. The van der Waals surface area contributed by atoms with Gasteiger partial charge in [0.25, 0.3) is 0 Å². The summed E-state index contributed by atoms with van der Waals surface area (Å²) in [5.41, 5.74) is 0. The molecule has 0 aliphatic carbocycles. The van der Waals surface area contributed by atoms with Crippen molar-refractivity contribution in [1.82, 2.24) is 0 Å². The fourth-order valence-electron chi connectivity index (χ4n) is 1.17. The molecule has 1 atom stereocenters. The zero-order chi connectivity index (χ0) is 10.8. The number of ether oxygens (including phenoxy) is 2. The zero-order valence-electron chi connectivity index (χ0n) is 9.12. The maximum absolute atomic E-state index is 10.8. The molecule has 0 aromatic heterocycles. The SMILES string of the molecule is C=CC(CCCCCC)OC(=O)OC. The molecule has 1 unspecified atom stereocenters. The van der Waals surface area contributed by atoms with Crippen LogP contribution < -0.4 is 0 Å². The first-order valence-corrected chi connectivity index (χ1v) is 5.11. The molecule has 3 nitrogen and oxygen atoms in total. The first kappa shape index (κ1) is 13.0. The van der Waals surface area contributed by atoms with E-state index in [4.69, 9.17) is 4.74 Å². The van der Waals surface area contributed by atoms with Gasteiger partial charge in [-0.15, -0.1) is 0 Å². The summed E-state index contributed by atoms with van der Waals surface area (Å²) in [7, 11) is 1.31. The number of methoxy groups -OCH3 is 1. The van der Waals surface area contributed by atoms with Gasteiger partial charge >= 0.3 is 6.16 Å². The standard InChI is InChI=1S/C11H20O3/c1-4-6-7-8-9-10(5-2)14-11(12)13-3/h5,10H,2,4,6-9H2,1,3H3. The van der Waals surface area contributed by atoms with E-state index in [1.54, 1.807) is 6.08 Å². The summed E-state index contributed by atoms with van der Waals surface area (Å²) in [6.45, 7) is 5.78. The zero-order valence-corrected chi connectivity index (χ0v) is 9.12. The third-order valence-electron chi connectivity index (χ3n) is 2.02. The molecule has 0 heterocycles. The monoisotopic (exact) mass is 200 g/mol. The van der Waals surface area contributed by atoms with Gasteiger partial charge in [-0.25, -0.2) is 4.79 Å². The molecule has 0 fully saturated rings. The average molecular weight is 200 g/mol. The van der Waals surface area contributed by atoms with Crippen LogP contribution in [0.15, 0.2) is 12.7 Å². The van der Waals surface area contributed by atoms with Crippen LogP contribution in [0.3, 0.4) is 0 Å². The Morgan fingerprint density at radius 2 is 2.14 bits per heavy atom. The van der Waals surface area contributed by atoms with Crippen molar-refractivity contribution in [2.45, 2.75) is 45.1 Å². The minimum atomic E-state index is -0.634. The Morgan fingerprint density at radius 3 is 2.64 bits per heavy atom. The first-order valence-electron chi connectivity index (χ1n) is 5.11. The van der Waals surface area contributed by atoms with Crippen LogP contribution in [0.25, 0.3) is 0 Å². The lowest BCUT2D eigenvalue weighted by Crippen LogP contribution is -2.15. The molecule has 0 aliphatic rings. The lowest BCUT2D eigenvalue weighted by Gasteiger charge is -2.12. The molecule has 0 bridgehead atoms. The van der Waals surface area contributed by atoms with E-state index in [2.05, 4.69) is 18.2 Å². The average Bonchev–Trinajstić information content (AvgIpc) is 2.22. The Balaban J connectivity index is 3.58. The van der Waals surface area contributed by atoms with E-state index >= 15 is 0 Å². The lowest BCUT2D eigenvalue weighted by molar-refractivity contribution is 0.0493. The highest BCUT2D eigenvalue weighted by Gasteiger charge is 2.09. The van der Waals surface area contributed by atoms with Gasteiger partial charge in [-0.05, 0) is 12.8 Å². The topological polar surface area (TPSA) is 35.5 Å². The predicted octanol–water partition coefficient (Wildman–Crippen LogP) is 3.29. The second kappa shape index (κ2) is 8.60. The Bertz CT molecular complexity index is 166. The summed E-state index contributed by atoms with van der Waals surface area (Å²) in [6, 6.07) is 0. The van der Waals surface area contributed by atoms with E-state index in [0.717, 1.165) is 12.8 Å². The fourth-order valence-corrected chi connectivity index (χ4v) is 1.17. The van der Waals surface area contributed by atoms with Crippen molar-refractivity contribution in [3.05, 3.63) is 12.7 Å². The summed E-state index contributed by atoms with van der Waals surface area (Å²) in [4.78, 5) is 10.8. The van der Waals surface area contributed by atoms with Crippen LogP contribution >= 0.6 is 0 Å². The molecule has 0 aliphatic heterocycles. The number of carbonyl (C=O) groups is 1. The van der Waals surface area contributed by atoms with E-state index in [9.17, 15) is 4.79 Å². The third kappa shape index (κ3) is 6.52. The van der Waals surface area contributed by atoms with E-state index < -0.39 is 6.16 Å². The molecule has 0 N–H and O–H groups in total. The summed E-state index contributed by atoms with van der Waals surface area (Å²) < 4.78 is 9.35. The van der Waals surface area contributed by atoms with Gasteiger partial charge in [0, 0.05) is 0 Å². The van der Waals surface area contributed by atoms with E-state index in [1.165, 1.54) is 26.4 Å². The molecule has 0 aromatic carbocycles. The highest BCUT2D eigenvalue weighted by molar-refractivity contribution is 5.60. The van der Waals surface area contributed by atoms with Crippen LogP contribution in [-0.4, -0.2) is 19.4 Å². The molecule has 82 valence electrons. The van der Waals surface area contributed by atoms with Gasteiger partial charge < -0.3 is 9.47 Å². The van der Waals surface area contributed by atoms with Crippen LogP contribution in [0.1, 0.15) is 39.0 Å². The minimum Gasteiger partial charge on any atom is -0.438 e. The summed E-state index contributed by atoms with van der Waals surface area (Å²) in [6.07, 6.45) is 6.29. The van der Waals surface area contributed by atoms with E-state index in [1.807, 2.05) is 0 Å². The third-order valence-corrected chi connectivity index (χ3v) is 2.02. The van der Waals surface area contributed by atoms with Crippen molar-refractivity contribution in [3.63, 3.8) is 0 Å². The van der Waals surface area contributed by atoms with Gasteiger partial charge in [0.05, 0.1) is 7.11 Å². The van der Waals surface area contributed by atoms with Gasteiger partial charge in [-0.2, -0.15) is 0 Å². The van der Waals surface area contributed by atoms with E-state index in [-0.39, 0.29) is 6.10 Å². The minimum absolute atomic E-state index is 0.209. The number of unbranched alkanes of at least 4 members (excludes halogenated alkanes) is 3. The Hall–Kier alpha value is -0.990. The van der Waals surface area contributed by atoms with Crippen molar-refractivity contribution in [2.75, 3.05) is 7.11 Å². The Kier molecular flexibility index (Phi) is 7.99.